The van der Waals surface area contributed by atoms with Crippen molar-refractivity contribution in [2.45, 2.75) is 24.5 Å². The first-order chi connectivity index (χ1) is 7.12. The van der Waals surface area contributed by atoms with E-state index in [0.717, 1.165) is 0 Å². The summed E-state index contributed by atoms with van der Waals surface area (Å²) in [5.74, 6) is 0. The number of alkyl halides is 6. The Kier molecular flexibility index (Phi) is 5.02. The van der Waals surface area contributed by atoms with Gasteiger partial charge in [0.1, 0.15) is 6.04 Å². The van der Waals surface area contributed by atoms with Gasteiger partial charge in [0.25, 0.3) is 0 Å². The molecule has 0 aliphatic rings. The van der Waals surface area contributed by atoms with Crippen LogP contribution in [0.15, 0.2) is 0 Å². The standard InChI is InChI=1S/C7H8F6N2O/c1-15-4(2-14)3-16-5(6(8,9)10)7(11,12)13/h4-5,15H,3H2,1H3. The van der Waals surface area contributed by atoms with Crippen LogP contribution in [0.5, 0.6) is 0 Å². The smallest absolute Gasteiger partial charge is 0.358 e. The third-order valence-electron chi connectivity index (χ3n) is 1.53. The summed E-state index contributed by atoms with van der Waals surface area (Å²) in [6.07, 6.45) is -15.0. The number of halogens is 6. The van der Waals surface area contributed by atoms with Crippen LogP contribution < -0.4 is 5.32 Å². The second-order valence-corrected chi connectivity index (χ2v) is 2.77. The van der Waals surface area contributed by atoms with Gasteiger partial charge < -0.3 is 10.1 Å². The minimum atomic E-state index is -5.55. The number of ether oxygens (including phenoxy) is 1. The molecule has 0 aromatic rings. The number of hydrogen-bond acceptors (Lipinski definition) is 3. The average molecular weight is 250 g/mol. The maximum atomic E-state index is 11.9. The number of rotatable bonds is 4. The average Bonchev–Trinajstić information content (AvgIpc) is 2.08. The van der Waals surface area contributed by atoms with Gasteiger partial charge in [0.2, 0.25) is 6.10 Å². The van der Waals surface area contributed by atoms with Gasteiger partial charge in [-0.3, -0.25) is 0 Å². The highest BCUT2D eigenvalue weighted by Crippen LogP contribution is 2.35. The normalized spacial score (nSPS) is 14.9. The van der Waals surface area contributed by atoms with Crippen LogP contribution in [-0.2, 0) is 4.74 Å². The lowest BCUT2D eigenvalue weighted by Gasteiger charge is -2.23. The van der Waals surface area contributed by atoms with E-state index in [0.29, 0.717) is 0 Å². The van der Waals surface area contributed by atoms with Gasteiger partial charge in [-0.25, -0.2) is 0 Å². The largest absolute Gasteiger partial charge is 0.423 e. The molecule has 94 valence electrons. The fourth-order valence-electron chi connectivity index (χ4n) is 0.752. The van der Waals surface area contributed by atoms with Gasteiger partial charge in [0.05, 0.1) is 12.7 Å². The molecule has 0 aliphatic carbocycles. The summed E-state index contributed by atoms with van der Waals surface area (Å²) in [6.45, 7) is -1.00. The van der Waals surface area contributed by atoms with Crippen molar-refractivity contribution in [3.8, 4) is 6.07 Å². The number of nitriles is 1. The summed E-state index contributed by atoms with van der Waals surface area (Å²) >= 11 is 0. The topological polar surface area (TPSA) is 45.0 Å². The van der Waals surface area contributed by atoms with Crippen molar-refractivity contribution >= 4 is 0 Å². The van der Waals surface area contributed by atoms with Gasteiger partial charge in [0, 0.05) is 0 Å². The Morgan fingerprint density at radius 3 is 1.88 bits per heavy atom. The summed E-state index contributed by atoms with van der Waals surface area (Å²) in [6, 6.07) is 0.210. The van der Waals surface area contributed by atoms with E-state index in [1.54, 1.807) is 0 Å². The monoisotopic (exact) mass is 250 g/mol. The van der Waals surface area contributed by atoms with E-state index in [1.807, 2.05) is 0 Å². The van der Waals surface area contributed by atoms with Crippen LogP contribution >= 0.6 is 0 Å². The Morgan fingerprint density at radius 2 is 1.62 bits per heavy atom. The molecule has 0 radical (unpaired) electrons. The zero-order valence-corrected chi connectivity index (χ0v) is 7.99. The second-order valence-electron chi connectivity index (χ2n) is 2.77. The summed E-state index contributed by atoms with van der Waals surface area (Å²) in [5, 5.41) is 10.5. The molecule has 3 nitrogen and oxygen atoms in total. The van der Waals surface area contributed by atoms with E-state index in [1.165, 1.54) is 13.1 Å². The molecule has 0 amide bonds. The van der Waals surface area contributed by atoms with E-state index in [2.05, 4.69) is 10.1 Å². The summed E-state index contributed by atoms with van der Waals surface area (Å²) in [5.41, 5.74) is 0. The molecular formula is C7H8F6N2O. The van der Waals surface area contributed by atoms with Gasteiger partial charge in [-0.15, -0.1) is 0 Å². The molecular weight excluding hydrogens is 242 g/mol. The predicted molar refractivity (Wildman–Crippen MR) is 40.3 cm³/mol. The first kappa shape index (κ1) is 15.0. The molecule has 9 heteroatoms. The molecule has 0 aromatic carbocycles. The van der Waals surface area contributed by atoms with Crippen LogP contribution in [0.3, 0.4) is 0 Å². The van der Waals surface area contributed by atoms with Crippen LogP contribution in [0.1, 0.15) is 0 Å². The van der Waals surface area contributed by atoms with Crippen LogP contribution in [0.2, 0.25) is 0 Å². The zero-order valence-electron chi connectivity index (χ0n) is 7.99. The molecule has 0 fully saturated rings. The molecule has 0 heterocycles. The van der Waals surface area contributed by atoms with Crippen molar-refractivity contribution in [3.63, 3.8) is 0 Å². The molecule has 0 aromatic heterocycles. The maximum Gasteiger partial charge on any atom is 0.423 e. The molecule has 0 saturated carbocycles. The van der Waals surface area contributed by atoms with Crippen molar-refractivity contribution in [3.05, 3.63) is 0 Å². The number of nitrogens with one attached hydrogen (secondary N) is 1. The van der Waals surface area contributed by atoms with E-state index in [9.17, 15) is 26.3 Å². The van der Waals surface area contributed by atoms with Crippen molar-refractivity contribution < 1.29 is 31.1 Å². The molecule has 0 rings (SSSR count). The van der Waals surface area contributed by atoms with Gasteiger partial charge in [-0.2, -0.15) is 31.6 Å². The highest BCUT2D eigenvalue weighted by atomic mass is 19.4. The van der Waals surface area contributed by atoms with Crippen molar-refractivity contribution in [2.75, 3.05) is 13.7 Å². The van der Waals surface area contributed by atoms with Gasteiger partial charge >= 0.3 is 12.4 Å². The molecule has 0 spiro atoms. The predicted octanol–water partition coefficient (Wildman–Crippen LogP) is 1.61. The highest BCUT2D eigenvalue weighted by molar-refractivity contribution is 4.89. The molecule has 0 saturated heterocycles. The molecule has 1 unspecified atom stereocenters. The molecule has 1 atom stereocenters. The first-order valence-corrected chi connectivity index (χ1v) is 3.94. The van der Waals surface area contributed by atoms with Crippen molar-refractivity contribution in [2.24, 2.45) is 0 Å². The summed E-state index contributed by atoms with van der Waals surface area (Å²) < 4.78 is 75.2. The van der Waals surface area contributed by atoms with E-state index in [4.69, 9.17) is 5.26 Å². The molecule has 0 bridgehead atoms. The van der Waals surface area contributed by atoms with Crippen LogP contribution in [-0.4, -0.2) is 38.2 Å². The minimum Gasteiger partial charge on any atom is -0.358 e. The fourth-order valence-corrected chi connectivity index (χ4v) is 0.752. The molecule has 1 N–H and O–H groups in total. The fraction of sp³-hybridized carbons (Fsp3) is 0.857. The number of hydrogen-bond donors (Lipinski definition) is 1. The third kappa shape index (κ3) is 4.67. The SMILES string of the molecule is CNC(C#N)COC(C(F)(F)F)C(F)(F)F. The minimum absolute atomic E-state index is 1.00. The van der Waals surface area contributed by atoms with E-state index < -0.39 is 31.1 Å². The Hall–Kier alpha value is -1.01. The van der Waals surface area contributed by atoms with Gasteiger partial charge in [-0.1, -0.05) is 0 Å². The summed E-state index contributed by atoms with van der Waals surface area (Å²) in [4.78, 5) is 0. The van der Waals surface area contributed by atoms with Crippen LogP contribution in [0.4, 0.5) is 26.3 Å². The van der Waals surface area contributed by atoms with Crippen LogP contribution in [0.25, 0.3) is 0 Å². The van der Waals surface area contributed by atoms with Gasteiger partial charge in [0.15, 0.2) is 0 Å². The number of likely N-dealkylation sites (N-methyl/N-ethyl adjacent to an activating group) is 1. The van der Waals surface area contributed by atoms with Crippen molar-refractivity contribution in [1.82, 2.24) is 5.32 Å². The second kappa shape index (κ2) is 5.36. The Labute approximate surface area is 87.0 Å². The zero-order chi connectivity index (χ0) is 13.0. The maximum absolute atomic E-state index is 11.9. The van der Waals surface area contributed by atoms with E-state index in [-0.39, 0.29) is 0 Å². The van der Waals surface area contributed by atoms with E-state index >= 15 is 0 Å². The summed E-state index contributed by atoms with van der Waals surface area (Å²) in [7, 11) is 1.22. The van der Waals surface area contributed by atoms with Crippen molar-refractivity contribution in [1.29, 1.82) is 5.26 Å². The third-order valence-corrected chi connectivity index (χ3v) is 1.53. The lowest BCUT2D eigenvalue weighted by atomic mass is 10.3. The van der Waals surface area contributed by atoms with Gasteiger partial charge in [-0.05, 0) is 7.05 Å². The Bertz CT molecular complexity index is 241. The Morgan fingerprint density at radius 1 is 1.19 bits per heavy atom. The first-order valence-electron chi connectivity index (χ1n) is 3.94. The lowest BCUT2D eigenvalue weighted by molar-refractivity contribution is -0.322. The van der Waals surface area contributed by atoms with Crippen LogP contribution in [0, 0.1) is 11.3 Å². The quantitative estimate of drug-likeness (QED) is 0.771. The molecule has 0 aliphatic heterocycles. The molecule has 16 heavy (non-hydrogen) atoms. The lowest BCUT2D eigenvalue weighted by Crippen LogP contribution is -2.46. The number of nitrogens with zero attached hydrogens (tertiary/aromatic N) is 1. The highest BCUT2D eigenvalue weighted by Gasteiger charge is 2.58. The Balaban J connectivity index is 4.55.